The second kappa shape index (κ2) is 7.65. The Hall–Kier alpha value is -2.41. The van der Waals surface area contributed by atoms with Gasteiger partial charge in [-0.15, -0.1) is 0 Å². The van der Waals surface area contributed by atoms with E-state index in [-0.39, 0.29) is 17.8 Å². The van der Waals surface area contributed by atoms with Gasteiger partial charge >= 0.3 is 6.03 Å². The van der Waals surface area contributed by atoms with Crippen LogP contribution < -0.4 is 5.32 Å². The van der Waals surface area contributed by atoms with E-state index in [0.717, 1.165) is 0 Å². The molecule has 0 unspecified atom stereocenters. The van der Waals surface area contributed by atoms with Crippen LogP contribution in [0.4, 0.5) is 14.9 Å². The SMILES string of the molecule is O=C(Nc1ccc(F)cc1Br)N1CCN(C(=O)c2ccccc2)CC1. The minimum absolute atomic E-state index is 0.0260. The Morgan fingerprint density at radius 3 is 2.24 bits per heavy atom. The van der Waals surface area contributed by atoms with Gasteiger partial charge in [0.25, 0.3) is 5.91 Å². The van der Waals surface area contributed by atoms with Crippen molar-refractivity contribution in [3.63, 3.8) is 0 Å². The summed E-state index contributed by atoms with van der Waals surface area (Å²) >= 11 is 3.23. The maximum atomic E-state index is 13.1. The fourth-order valence-corrected chi connectivity index (χ4v) is 3.11. The number of urea groups is 1. The average Bonchev–Trinajstić information content (AvgIpc) is 2.64. The van der Waals surface area contributed by atoms with Crippen LogP contribution in [0, 0.1) is 5.82 Å². The molecule has 5 nitrogen and oxygen atoms in total. The zero-order valence-corrected chi connectivity index (χ0v) is 15.0. The Labute approximate surface area is 153 Å². The first kappa shape index (κ1) is 17.4. The van der Waals surface area contributed by atoms with E-state index in [4.69, 9.17) is 0 Å². The lowest BCUT2D eigenvalue weighted by Crippen LogP contribution is -2.51. The van der Waals surface area contributed by atoms with Gasteiger partial charge in [0.05, 0.1) is 5.69 Å². The first-order chi connectivity index (χ1) is 12.0. The highest BCUT2D eigenvalue weighted by atomic mass is 79.9. The largest absolute Gasteiger partial charge is 0.335 e. The Morgan fingerprint density at radius 1 is 0.960 bits per heavy atom. The highest BCUT2D eigenvalue weighted by Gasteiger charge is 2.25. The van der Waals surface area contributed by atoms with E-state index in [0.29, 0.717) is 41.9 Å². The van der Waals surface area contributed by atoms with Crippen LogP contribution in [0.15, 0.2) is 53.0 Å². The number of halogens is 2. The lowest BCUT2D eigenvalue weighted by molar-refractivity contribution is 0.0671. The smallest absolute Gasteiger partial charge is 0.321 e. The molecule has 1 aliphatic rings. The molecule has 0 aromatic heterocycles. The van der Waals surface area contributed by atoms with Crippen LogP contribution in [0.2, 0.25) is 0 Å². The molecule has 7 heteroatoms. The zero-order chi connectivity index (χ0) is 17.8. The molecule has 0 radical (unpaired) electrons. The summed E-state index contributed by atoms with van der Waals surface area (Å²) in [7, 11) is 0. The number of carbonyl (C=O) groups excluding carboxylic acids is 2. The van der Waals surface area contributed by atoms with E-state index < -0.39 is 0 Å². The van der Waals surface area contributed by atoms with Gasteiger partial charge in [0.1, 0.15) is 5.82 Å². The predicted octanol–water partition coefficient (Wildman–Crippen LogP) is 3.58. The van der Waals surface area contributed by atoms with Crippen LogP contribution in [0.3, 0.4) is 0 Å². The van der Waals surface area contributed by atoms with Gasteiger partial charge in [0, 0.05) is 36.2 Å². The fourth-order valence-electron chi connectivity index (χ4n) is 2.66. The standard InChI is InChI=1S/C18H17BrFN3O2/c19-15-12-14(20)6-7-16(15)21-18(25)23-10-8-22(9-11-23)17(24)13-4-2-1-3-5-13/h1-7,12H,8-11H2,(H,21,25). The molecule has 25 heavy (non-hydrogen) atoms. The van der Waals surface area contributed by atoms with E-state index >= 15 is 0 Å². The number of amides is 3. The monoisotopic (exact) mass is 405 g/mol. The molecule has 1 aliphatic heterocycles. The average molecular weight is 406 g/mol. The van der Waals surface area contributed by atoms with Crippen molar-refractivity contribution in [1.82, 2.24) is 9.80 Å². The van der Waals surface area contributed by atoms with Gasteiger partial charge in [-0.05, 0) is 46.3 Å². The number of rotatable bonds is 2. The predicted molar refractivity (Wildman–Crippen MR) is 97.0 cm³/mol. The number of piperazine rings is 1. The van der Waals surface area contributed by atoms with E-state index in [2.05, 4.69) is 21.2 Å². The normalized spacial score (nSPS) is 14.3. The summed E-state index contributed by atoms with van der Waals surface area (Å²) in [6.07, 6.45) is 0. The molecule has 1 N–H and O–H groups in total. The minimum atomic E-state index is -0.377. The third-order valence-electron chi connectivity index (χ3n) is 4.05. The Bertz CT molecular complexity index is 777. The van der Waals surface area contributed by atoms with Gasteiger partial charge in [-0.2, -0.15) is 0 Å². The van der Waals surface area contributed by atoms with Crippen LogP contribution >= 0.6 is 15.9 Å². The van der Waals surface area contributed by atoms with Crippen molar-refractivity contribution < 1.29 is 14.0 Å². The second-order valence-electron chi connectivity index (χ2n) is 5.70. The molecule has 1 heterocycles. The van der Waals surface area contributed by atoms with E-state index in [1.54, 1.807) is 21.9 Å². The summed E-state index contributed by atoms with van der Waals surface area (Å²) < 4.78 is 13.6. The van der Waals surface area contributed by atoms with Crippen molar-refractivity contribution in [3.05, 3.63) is 64.4 Å². The number of nitrogens with zero attached hydrogens (tertiary/aromatic N) is 2. The van der Waals surface area contributed by atoms with Gasteiger partial charge in [-0.3, -0.25) is 4.79 Å². The molecule has 3 amide bonds. The van der Waals surface area contributed by atoms with E-state index in [9.17, 15) is 14.0 Å². The number of hydrogen-bond donors (Lipinski definition) is 1. The third-order valence-corrected chi connectivity index (χ3v) is 4.70. The molecule has 1 fully saturated rings. The Morgan fingerprint density at radius 2 is 1.60 bits per heavy atom. The van der Waals surface area contributed by atoms with Crippen molar-refractivity contribution in [2.75, 3.05) is 31.5 Å². The van der Waals surface area contributed by atoms with E-state index in [1.807, 2.05) is 18.2 Å². The summed E-state index contributed by atoms with van der Waals surface area (Å²) in [4.78, 5) is 28.1. The summed E-state index contributed by atoms with van der Waals surface area (Å²) in [6, 6.07) is 12.9. The highest BCUT2D eigenvalue weighted by molar-refractivity contribution is 9.10. The van der Waals surface area contributed by atoms with Crippen LogP contribution in [0.5, 0.6) is 0 Å². The number of anilines is 1. The summed E-state index contributed by atoms with van der Waals surface area (Å²) in [5, 5.41) is 2.75. The summed E-state index contributed by atoms with van der Waals surface area (Å²) in [5.41, 5.74) is 1.16. The van der Waals surface area contributed by atoms with Crippen LogP contribution in [-0.2, 0) is 0 Å². The third kappa shape index (κ3) is 4.17. The minimum Gasteiger partial charge on any atom is -0.335 e. The van der Waals surface area contributed by atoms with Crippen molar-refractivity contribution in [1.29, 1.82) is 0 Å². The van der Waals surface area contributed by atoms with Gasteiger partial charge in [0.2, 0.25) is 0 Å². The van der Waals surface area contributed by atoms with Crippen LogP contribution in [0.1, 0.15) is 10.4 Å². The van der Waals surface area contributed by atoms with Gasteiger partial charge in [-0.1, -0.05) is 18.2 Å². The van der Waals surface area contributed by atoms with Crippen LogP contribution in [-0.4, -0.2) is 47.9 Å². The maximum absolute atomic E-state index is 13.1. The number of hydrogen-bond acceptors (Lipinski definition) is 2. The molecule has 0 bridgehead atoms. The van der Waals surface area contributed by atoms with Crippen molar-refractivity contribution in [2.45, 2.75) is 0 Å². The van der Waals surface area contributed by atoms with Gasteiger partial charge < -0.3 is 15.1 Å². The Kier molecular flexibility index (Phi) is 5.33. The van der Waals surface area contributed by atoms with E-state index in [1.165, 1.54) is 18.2 Å². The topological polar surface area (TPSA) is 52.7 Å². The van der Waals surface area contributed by atoms with Crippen LogP contribution in [0.25, 0.3) is 0 Å². The zero-order valence-electron chi connectivity index (χ0n) is 13.4. The summed E-state index contributed by atoms with van der Waals surface area (Å²) in [6.45, 7) is 1.85. The molecule has 0 atom stereocenters. The molecular weight excluding hydrogens is 389 g/mol. The summed E-state index contributed by atoms with van der Waals surface area (Å²) in [5.74, 6) is -0.403. The number of nitrogens with one attached hydrogen (secondary N) is 1. The lowest BCUT2D eigenvalue weighted by Gasteiger charge is -2.34. The first-order valence-electron chi connectivity index (χ1n) is 7.90. The lowest BCUT2D eigenvalue weighted by atomic mass is 10.2. The molecule has 0 aliphatic carbocycles. The molecule has 0 spiro atoms. The molecule has 2 aromatic rings. The Balaban J connectivity index is 1.56. The number of benzene rings is 2. The van der Waals surface area contributed by atoms with Crippen molar-refractivity contribution >= 4 is 33.6 Å². The van der Waals surface area contributed by atoms with Crippen molar-refractivity contribution in [2.24, 2.45) is 0 Å². The quantitative estimate of drug-likeness (QED) is 0.829. The molecule has 1 saturated heterocycles. The molecule has 130 valence electrons. The van der Waals surface area contributed by atoms with Gasteiger partial charge in [-0.25, -0.2) is 9.18 Å². The maximum Gasteiger partial charge on any atom is 0.321 e. The first-order valence-corrected chi connectivity index (χ1v) is 8.69. The fraction of sp³-hybridized carbons (Fsp3) is 0.222. The number of carbonyl (C=O) groups is 2. The van der Waals surface area contributed by atoms with Crippen molar-refractivity contribution in [3.8, 4) is 0 Å². The molecule has 3 rings (SSSR count). The van der Waals surface area contributed by atoms with Gasteiger partial charge in [0.15, 0.2) is 0 Å². The molecular formula is C18H17BrFN3O2. The second-order valence-corrected chi connectivity index (χ2v) is 6.55. The molecule has 2 aromatic carbocycles. The molecule has 0 saturated carbocycles. The highest BCUT2D eigenvalue weighted by Crippen LogP contribution is 2.23.